The third kappa shape index (κ3) is 8.38. The van der Waals surface area contributed by atoms with Crippen LogP contribution in [0.1, 0.15) is 64.7 Å². The van der Waals surface area contributed by atoms with Gasteiger partial charge in [0.2, 0.25) is 0 Å². The number of nitroso groups, excluding NO2 is 1. The summed E-state index contributed by atoms with van der Waals surface area (Å²) in [5, 5.41) is 11.2. The van der Waals surface area contributed by atoms with Crippen LogP contribution < -0.4 is 0 Å². The van der Waals surface area contributed by atoms with Gasteiger partial charge in [0.05, 0.1) is 0 Å². The third-order valence-electron chi connectivity index (χ3n) is 2.74. The van der Waals surface area contributed by atoms with Gasteiger partial charge in [-0.25, -0.2) is 4.79 Å². The van der Waals surface area contributed by atoms with Crippen molar-refractivity contribution in [2.75, 3.05) is 0 Å². The molecule has 1 N–H and O–H groups in total. The van der Waals surface area contributed by atoms with Gasteiger partial charge in [0, 0.05) is 0 Å². The van der Waals surface area contributed by atoms with Crippen LogP contribution >= 0.6 is 0 Å². The summed E-state index contributed by atoms with van der Waals surface area (Å²) in [7, 11) is 0. The molecule has 0 aromatic rings. The van der Waals surface area contributed by atoms with Crippen LogP contribution in [0.2, 0.25) is 0 Å². The molecular weight excluding hydrogens is 206 g/mol. The Hall–Kier alpha value is -0.930. The summed E-state index contributed by atoms with van der Waals surface area (Å²) in [6, 6.07) is -1.04. The van der Waals surface area contributed by atoms with Gasteiger partial charge in [-0.05, 0) is 6.42 Å². The van der Waals surface area contributed by atoms with Gasteiger partial charge in [-0.15, -0.1) is 4.91 Å². The first kappa shape index (κ1) is 15.1. The number of hydrogen-bond acceptors (Lipinski definition) is 3. The maximum absolute atomic E-state index is 10.5. The van der Waals surface area contributed by atoms with Crippen LogP contribution in [0, 0.1) is 4.91 Å². The summed E-state index contributed by atoms with van der Waals surface area (Å²) in [6.45, 7) is 2.19. The van der Waals surface area contributed by atoms with Crippen molar-refractivity contribution in [1.29, 1.82) is 0 Å². The Bertz CT molecular complexity index is 195. The highest BCUT2D eigenvalue weighted by molar-refractivity contribution is 5.73. The second kappa shape index (κ2) is 10.6. The average molecular weight is 229 g/mol. The molecule has 1 unspecified atom stereocenters. The lowest BCUT2D eigenvalue weighted by atomic mass is 10.1. The average Bonchev–Trinajstić information content (AvgIpc) is 2.26. The molecular formula is C12H23NO3. The molecule has 0 fully saturated rings. The molecule has 4 heteroatoms. The fourth-order valence-electron chi connectivity index (χ4n) is 1.69. The second-order valence-electron chi connectivity index (χ2n) is 4.22. The van der Waals surface area contributed by atoms with Gasteiger partial charge in [-0.2, -0.15) is 0 Å². The van der Waals surface area contributed by atoms with Crippen molar-refractivity contribution in [3.8, 4) is 0 Å². The minimum absolute atomic E-state index is 0.383. The molecule has 0 aliphatic heterocycles. The van der Waals surface area contributed by atoms with Crippen molar-refractivity contribution >= 4 is 5.97 Å². The zero-order valence-corrected chi connectivity index (χ0v) is 10.2. The quantitative estimate of drug-likeness (QED) is 0.433. The summed E-state index contributed by atoms with van der Waals surface area (Å²) < 4.78 is 0. The number of rotatable bonds is 11. The van der Waals surface area contributed by atoms with Crippen LogP contribution in [-0.4, -0.2) is 17.1 Å². The maximum Gasteiger partial charge on any atom is 0.332 e. The molecule has 16 heavy (non-hydrogen) atoms. The van der Waals surface area contributed by atoms with Gasteiger partial charge in [0.15, 0.2) is 6.04 Å². The first-order valence-electron chi connectivity index (χ1n) is 6.27. The van der Waals surface area contributed by atoms with Crippen LogP contribution in [0.15, 0.2) is 5.18 Å². The van der Waals surface area contributed by atoms with Crippen LogP contribution in [0.25, 0.3) is 0 Å². The zero-order chi connectivity index (χ0) is 12.2. The Balaban J connectivity index is 3.26. The van der Waals surface area contributed by atoms with Crippen LogP contribution in [-0.2, 0) is 4.79 Å². The summed E-state index contributed by atoms with van der Waals surface area (Å²) in [5.41, 5.74) is 0. The van der Waals surface area contributed by atoms with Crippen molar-refractivity contribution in [3.63, 3.8) is 0 Å². The van der Waals surface area contributed by atoms with E-state index in [2.05, 4.69) is 12.1 Å². The standard InChI is InChI=1S/C12H23NO3/c1-2-3-4-5-6-7-8-9-10-11(13-16)12(14)15/h11H,2-10H2,1H3,(H,14,15). The van der Waals surface area contributed by atoms with Gasteiger partial charge >= 0.3 is 5.97 Å². The van der Waals surface area contributed by atoms with E-state index in [1.807, 2.05) is 0 Å². The Morgan fingerprint density at radius 3 is 2.00 bits per heavy atom. The normalized spacial score (nSPS) is 12.3. The summed E-state index contributed by atoms with van der Waals surface area (Å²) >= 11 is 0. The highest BCUT2D eigenvalue weighted by atomic mass is 16.4. The fraction of sp³-hybridized carbons (Fsp3) is 0.917. The molecule has 0 rings (SSSR count). The molecule has 0 saturated carbocycles. The molecule has 0 aromatic heterocycles. The molecule has 4 nitrogen and oxygen atoms in total. The van der Waals surface area contributed by atoms with Gasteiger partial charge in [0.1, 0.15) is 0 Å². The maximum atomic E-state index is 10.5. The number of unbranched alkanes of at least 4 members (excludes halogenated alkanes) is 7. The molecule has 0 heterocycles. The smallest absolute Gasteiger partial charge is 0.332 e. The van der Waals surface area contributed by atoms with E-state index in [9.17, 15) is 9.70 Å². The molecule has 0 aliphatic rings. The predicted octanol–water partition coefficient (Wildman–Crippen LogP) is 3.74. The first-order chi connectivity index (χ1) is 7.72. The minimum Gasteiger partial charge on any atom is -0.480 e. The number of aliphatic carboxylic acids is 1. The van der Waals surface area contributed by atoms with E-state index in [-0.39, 0.29) is 0 Å². The number of carboxylic acids is 1. The van der Waals surface area contributed by atoms with Gasteiger partial charge < -0.3 is 5.11 Å². The van der Waals surface area contributed by atoms with E-state index in [1.54, 1.807) is 0 Å². The molecule has 0 aliphatic carbocycles. The van der Waals surface area contributed by atoms with Gasteiger partial charge in [0.25, 0.3) is 0 Å². The van der Waals surface area contributed by atoms with E-state index in [0.29, 0.717) is 6.42 Å². The summed E-state index contributed by atoms with van der Waals surface area (Å²) in [6.07, 6.45) is 9.64. The third-order valence-corrected chi connectivity index (χ3v) is 2.74. The molecule has 1 atom stereocenters. The minimum atomic E-state index is -1.10. The molecule has 0 aromatic carbocycles. The number of carbonyl (C=O) groups is 1. The van der Waals surface area contributed by atoms with E-state index >= 15 is 0 Å². The highest BCUT2D eigenvalue weighted by Crippen LogP contribution is 2.11. The number of hydrogen-bond donors (Lipinski definition) is 1. The Kier molecular flexibility index (Phi) is 9.97. The van der Waals surface area contributed by atoms with Crippen molar-refractivity contribution in [3.05, 3.63) is 4.91 Å². The molecule has 94 valence electrons. The Labute approximate surface area is 97.4 Å². The molecule has 0 amide bonds. The largest absolute Gasteiger partial charge is 0.480 e. The second-order valence-corrected chi connectivity index (χ2v) is 4.22. The molecule has 0 saturated heterocycles. The number of nitrogens with zero attached hydrogens (tertiary/aromatic N) is 1. The van der Waals surface area contributed by atoms with E-state index in [4.69, 9.17) is 5.11 Å². The van der Waals surface area contributed by atoms with E-state index < -0.39 is 12.0 Å². The fourth-order valence-corrected chi connectivity index (χ4v) is 1.69. The predicted molar refractivity (Wildman–Crippen MR) is 64.4 cm³/mol. The van der Waals surface area contributed by atoms with E-state index in [1.165, 1.54) is 32.1 Å². The summed E-state index contributed by atoms with van der Waals surface area (Å²) in [4.78, 5) is 20.6. The molecule has 0 spiro atoms. The van der Waals surface area contributed by atoms with E-state index in [0.717, 1.165) is 19.3 Å². The van der Waals surface area contributed by atoms with Crippen molar-refractivity contribution in [2.45, 2.75) is 70.8 Å². The lowest BCUT2D eigenvalue weighted by molar-refractivity contribution is -0.138. The SMILES string of the molecule is CCCCCCCCCCC(N=O)C(=O)O. The van der Waals surface area contributed by atoms with Crippen molar-refractivity contribution in [2.24, 2.45) is 5.18 Å². The lowest BCUT2D eigenvalue weighted by Crippen LogP contribution is -2.16. The van der Waals surface area contributed by atoms with Crippen molar-refractivity contribution < 1.29 is 9.90 Å². The zero-order valence-electron chi connectivity index (χ0n) is 10.2. The van der Waals surface area contributed by atoms with Gasteiger partial charge in [-0.3, -0.25) is 0 Å². The van der Waals surface area contributed by atoms with Crippen molar-refractivity contribution in [1.82, 2.24) is 0 Å². The van der Waals surface area contributed by atoms with Crippen LogP contribution in [0.3, 0.4) is 0 Å². The molecule has 0 radical (unpaired) electrons. The first-order valence-corrected chi connectivity index (χ1v) is 6.27. The van der Waals surface area contributed by atoms with Gasteiger partial charge in [-0.1, -0.05) is 63.5 Å². The highest BCUT2D eigenvalue weighted by Gasteiger charge is 2.16. The molecule has 0 bridgehead atoms. The number of carboxylic acid groups (broad SMARTS) is 1. The Morgan fingerprint density at radius 1 is 1.06 bits per heavy atom. The Morgan fingerprint density at radius 2 is 1.56 bits per heavy atom. The topological polar surface area (TPSA) is 66.7 Å². The van der Waals surface area contributed by atoms with Crippen LogP contribution in [0.4, 0.5) is 0 Å². The monoisotopic (exact) mass is 229 g/mol. The van der Waals surface area contributed by atoms with Crippen LogP contribution in [0.5, 0.6) is 0 Å². The lowest BCUT2D eigenvalue weighted by Gasteiger charge is -2.03. The summed E-state index contributed by atoms with van der Waals surface area (Å²) in [5.74, 6) is -1.10.